The van der Waals surface area contributed by atoms with Crippen LogP contribution in [0.5, 0.6) is 0 Å². The van der Waals surface area contributed by atoms with Gasteiger partial charge in [0.1, 0.15) is 0 Å². The molecule has 0 spiro atoms. The highest BCUT2D eigenvalue weighted by Crippen LogP contribution is 2.53. The van der Waals surface area contributed by atoms with Crippen molar-refractivity contribution in [2.24, 2.45) is 0 Å². The molecule has 232 valence electrons. The molecule has 0 aliphatic heterocycles. The lowest BCUT2D eigenvalue weighted by Gasteiger charge is -2.14. The Hall–Kier alpha value is -6.47. The van der Waals surface area contributed by atoms with Gasteiger partial charge < -0.3 is 0 Å². The van der Waals surface area contributed by atoms with E-state index in [-0.39, 0.29) is 11.1 Å². The number of pyridine rings is 2. The third kappa shape index (κ3) is 4.95. The lowest BCUT2D eigenvalue weighted by atomic mass is 9.95. The van der Waals surface area contributed by atoms with Gasteiger partial charge in [-0.05, 0) is 58.7 Å². The van der Waals surface area contributed by atoms with Crippen LogP contribution in [0.15, 0.2) is 152 Å². The van der Waals surface area contributed by atoms with Crippen molar-refractivity contribution in [3.05, 3.63) is 163 Å². The molecule has 0 unspecified atom stereocenters. The summed E-state index contributed by atoms with van der Waals surface area (Å²) in [6.45, 7) is 0. The zero-order valence-electron chi connectivity index (χ0n) is 25.9. The van der Waals surface area contributed by atoms with Gasteiger partial charge in [-0.1, -0.05) is 109 Å². The van der Waals surface area contributed by atoms with Crippen LogP contribution in [0.2, 0.25) is 0 Å². The van der Waals surface area contributed by atoms with Gasteiger partial charge in [0, 0.05) is 39.4 Å². The second kappa shape index (κ2) is 11.3. The summed E-state index contributed by atoms with van der Waals surface area (Å²) in [6.07, 6.45) is 1.73. The molecular formula is C42H25F2N5. The van der Waals surface area contributed by atoms with Gasteiger partial charge in [-0.25, -0.2) is 19.9 Å². The fourth-order valence-corrected chi connectivity index (χ4v) is 6.53. The van der Waals surface area contributed by atoms with Gasteiger partial charge in [-0.2, -0.15) is 8.78 Å². The van der Waals surface area contributed by atoms with Crippen LogP contribution in [0.25, 0.3) is 78.7 Å². The molecule has 0 bridgehead atoms. The van der Waals surface area contributed by atoms with Crippen molar-refractivity contribution in [2.75, 3.05) is 0 Å². The fraction of sp³-hybridized carbons (Fsp3) is 0.0238. The maximum Gasteiger partial charge on any atom is 0.299 e. The molecule has 9 rings (SSSR count). The molecular weight excluding hydrogens is 612 g/mol. The smallest absolute Gasteiger partial charge is 0.255 e. The van der Waals surface area contributed by atoms with Crippen molar-refractivity contribution in [1.29, 1.82) is 0 Å². The monoisotopic (exact) mass is 637 g/mol. The Bertz CT molecular complexity index is 2460. The quantitative estimate of drug-likeness (QED) is 0.188. The number of alkyl halides is 2. The second-order valence-corrected chi connectivity index (χ2v) is 11.9. The number of para-hydroxylation sites is 1. The van der Waals surface area contributed by atoms with E-state index in [2.05, 4.69) is 4.98 Å². The van der Waals surface area contributed by atoms with Crippen LogP contribution in [-0.2, 0) is 5.92 Å². The van der Waals surface area contributed by atoms with E-state index in [9.17, 15) is 0 Å². The number of hydrogen-bond acceptors (Lipinski definition) is 5. The predicted octanol–water partition coefficient (Wildman–Crippen LogP) is 10.3. The largest absolute Gasteiger partial charge is 0.299 e. The Morgan fingerprint density at radius 1 is 0.408 bits per heavy atom. The minimum Gasteiger partial charge on any atom is -0.255 e. The van der Waals surface area contributed by atoms with Crippen LogP contribution < -0.4 is 0 Å². The van der Waals surface area contributed by atoms with Crippen molar-refractivity contribution in [1.82, 2.24) is 24.9 Å². The molecule has 1 aliphatic rings. The third-order valence-corrected chi connectivity index (χ3v) is 8.92. The topological polar surface area (TPSA) is 64.5 Å². The Morgan fingerprint density at radius 3 is 1.59 bits per heavy atom. The van der Waals surface area contributed by atoms with Crippen LogP contribution >= 0.6 is 0 Å². The number of aromatic nitrogens is 5. The third-order valence-electron chi connectivity index (χ3n) is 8.92. The molecule has 1 aliphatic carbocycles. The normalized spacial score (nSPS) is 12.9. The molecule has 8 aromatic rings. The van der Waals surface area contributed by atoms with E-state index in [1.807, 2.05) is 115 Å². The molecule has 0 N–H and O–H groups in total. The maximum atomic E-state index is 16.0. The van der Waals surface area contributed by atoms with Crippen LogP contribution in [-0.4, -0.2) is 24.9 Å². The average Bonchev–Trinajstić information content (AvgIpc) is 3.40. The molecule has 3 heterocycles. The molecule has 0 radical (unpaired) electrons. The zero-order valence-corrected chi connectivity index (χ0v) is 25.9. The van der Waals surface area contributed by atoms with Crippen molar-refractivity contribution in [2.45, 2.75) is 5.92 Å². The lowest BCUT2D eigenvalue weighted by molar-refractivity contribution is 0.0480. The first-order chi connectivity index (χ1) is 24.0. The van der Waals surface area contributed by atoms with Crippen LogP contribution in [0.1, 0.15) is 11.1 Å². The van der Waals surface area contributed by atoms with Gasteiger partial charge in [-0.15, -0.1) is 0 Å². The molecule has 7 heteroatoms. The molecule has 0 saturated heterocycles. The minimum atomic E-state index is -3.16. The van der Waals surface area contributed by atoms with E-state index in [0.29, 0.717) is 39.9 Å². The van der Waals surface area contributed by atoms with E-state index >= 15 is 8.78 Å². The number of fused-ring (bicyclic) bond motifs is 4. The first-order valence-corrected chi connectivity index (χ1v) is 15.9. The fourth-order valence-electron chi connectivity index (χ4n) is 6.53. The maximum absolute atomic E-state index is 16.0. The average molecular weight is 638 g/mol. The van der Waals surface area contributed by atoms with Crippen LogP contribution in [0, 0.1) is 0 Å². The summed E-state index contributed by atoms with van der Waals surface area (Å²) >= 11 is 0. The highest BCUT2D eigenvalue weighted by atomic mass is 19.3. The number of rotatable bonds is 5. The summed E-state index contributed by atoms with van der Waals surface area (Å²) in [4.78, 5) is 23.8. The highest BCUT2D eigenvalue weighted by Gasteiger charge is 2.44. The molecule has 3 aromatic heterocycles. The number of halogens is 2. The molecule has 0 atom stereocenters. The molecule has 49 heavy (non-hydrogen) atoms. The number of nitrogens with zero attached hydrogens (tertiary/aromatic N) is 5. The van der Waals surface area contributed by atoms with E-state index in [1.54, 1.807) is 30.5 Å². The van der Waals surface area contributed by atoms with Crippen LogP contribution in [0.4, 0.5) is 8.78 Å². The lowest BCUT2D eigenvalue weighted by Crippen LogP contribution is -2.10. The summed E-state index contributed by atoms with van der Waals surface area (Å²) in [6, 6.07) is 45.0. The summed E-state index contributed by atoms with van der Waals surface area (Å²) in [5.41, 5.74) is 7.08. The Morgan fingerprint density at radius 2 is 0.959 bits per heavy atom. The standard InChI is InChI=1S/C42H25F2N5/c43-42(44)34-20-18-28(31-25-38(37-17-9-10-22-45-37)46-36-16-8-7-15-30(31)36)23-32(34)33-24-29(19-21-35(33)42)41-48-39(26-11-3-1-4-12-26)47-40(49-41)27-13-5-2-6-14-27/h1-25H. The summed E-state index contributed by atoms with van der Waals surface area (Å²) in [7, 11) is 0. The molecule has 0 saturated carbocycles. The Kier molecular flexibility index (Phi) is 6.65. The van der Waals surface area contributed by atoms with Crippen LogP contribution in [0.3, 0.4) is 0 Å². The Balaban J connectivity index is 1.21. The van der Waals surface area contributed by atoms with Gasteiger partial charge in [0.25, 0.3) is 5.92 Å². The van der Waals surface area contributed by atoms with E-state index < -0.39 is 5.92 Å². The van der Waals surface area contributed by atoms with E-state index in [4.69, 9.17) is 19.9 Å². The molecule has 0 fully saturated rings. The SMILES string of the molecule is FC1(F)c2ccc(-c3nc(-c4ccccc4)nc(-c4ccccc4)n3)cc2-c2cc(-c3cc(-c4ccccn4)nc4ccccc34)ccc21. The molecule has 5 aromatic carbocycles. The van der Waals surface area contributed by atoms with Gasteiger partial charge in [-0.3, -0.25) is 4.98 Å². The van der Waals surface area contributed by atoms with Gasteiger partial charge in [0.15, 0.2) is 17.5 Å². The van der Waals surface area contributed by atoms with Crippen molar-refractivity contribution in [3.63, 3.8) is 0 Å². The van der Waals surface area contributed by atoms with Crippen molar-refractivity contribution in [3.8, 4) is 67.8 Å². The Labute approximate surface area is 280 Å². The first kappa shape index (κ1) is 28.7. The van der Waals surface area contributed by atoms with E-state index in [1.165, 1.54) is 6.07 Å². The second-order valence-electron chi connectivity index (χ2n) is 11.9. The van der Waals surface area contributed by atoms with Gasteiger partial charge in [0.2, 0.25) is 0 Å². The van der Waals surface area contributed by atoms with Gasteiger partial charge >= 0.3 is 0 Å². The van der Waals surface area contributed by atoms with E-state index in [0.717, 1.165) is 38.9 Å². The zero-order chi connectivity index (χ0) is 33.0. The molecule has 0 amide bonds. The van der Waals surface area contributed by atoms with Crippen molar-refractivity contribution >= 4 is 10.9 Å². The summed E-state index contributed by atoms with van der Waals surface area (Å²) in [5, 5.41) is 0.924. The van der Waals surface area contributed by atoms with Crippen molar-refractivity contribution < 1.29 is 8.78 Å². The predicted molar refractivity (Wildman–Crippen MR) is 189 cm³/mol. The number of hydrogen-bond donors (Lipinski definition) is 0. The minimum absolute atomic E-state index is 0.0303. The first-order valence-electron chi connectivity index (χ1n) is 15.9. The highest BCUT2D eigenvalue weighted by molar-refractivity contribution is 5.98. The number of benzene rings is 5. The summed E-state index contributed by atoms with van der Waals surface area (Å²) < 4.78 is 32.1. The molecule has 5 nitrogen and oxygen atoms in total. The van der Waals surface area contributed by atoms with Gasteiger partial charge in [0.05, 0.1) is 16.9 Å². The summed E-state index contributed by atoms with van der Waals surface area (Å²) in [5.74, 6) is -1.74.